The smallest absolute Gasteiger partial charge is 0.187 e. The van der Waals surface area contributed by atoms with E-state index in [1.807, 2.05) is 0 Å². The normalized spacial score (nSPS) is 30.1. The van der Waals surface area contributed by atoms with Gasteiger partial charge < -0.3 is 0 Å². The molecule has 0 spiro atoms. The van der Waals surface area contributed by atoms with Gasteiger partial charge in [-0.25, -0.2) is 0 Å². The molecule has 1 aromatic rings. The summed E-state index contributed by atoms with van der Waals surface area (Å²) in [6.07, 6.45) is 7.45. The van der Waals surface area contributed by atoms with Crippen molar-refractivity contribution in [2.75, 3.05) is 0 Å². The predicted octanol–water partition coefficient (Wildman–Crippen LogP) is 5.72. The Morgan fingerprint density at radius 2 is 1.47 bits per heavy atom. The first kappa shape index (κ1) is 13.9. The minimum Gasteiger partial charge on any atom is -0.289 e. The average Bonchev–Trinajstić information content (AvgIpc) is 2.37. The van der Waals surface area contributed by atoms with Crippen molar-refractivity contribution in [3.63, 3.8) is 0 Å². The molecule has 102 valence electrons. The molecular weight excluding hydrogens is 298 g/mol. The van der Waals surface area contributed by atoms with Crippen LogP contribution < -0.4 is 0 Å². The maximum absolute atomic E-state index is 12.9. The molecule has 1 aromatic carbocycles. The molecule has 2 bridgehead atoms. The Kier molecular flexibility index (Phi) is 4.17. The molecule has 0 aromatic heterocycles. The van der Waals surface area contributed by atoms with Gasteiger partial charge in [0.1, 0.15) is 0 Å². The second kappa shape index (κ2) is 5.72. The van der Waals surface area contributed by atoms with E-state index in [-0.39, 0.29) is 5.52 Å². The largest absolute Gasteiger partial charge is 0.289 e. The number of hydrogen-bond donors (Lipinski definition) is 0. The summed E-state index contributed by atoms with van der Waals surface area (Å²) in [5.41, 5.74) is 2.06. The summed E-state index contributed by atoms with van der Waals surface area (Å²) >= 11 is 12.4. The third kappa shape index (κ3) is 2.58. The van der Waals surface area contributed by atoms with Crippen LogP contribution in [0.3, 0.4) is 0 Å². The molecular formula is C15H17Cl2OP. The maximum atomic E-state index is 12.9. The van der Waals surface area contributed by atoms with E-state index in [4.69, 9.17) is 23.2 Å². The topological polar surface area (TPSA) is 17.1 Å². The molecule has 4 heteroatoms. The van der Waals surface area contributed by atoms with E-state index in [0.29, 0.717) is 26.9 Å². The summed E-state index contributed by atoms with van der Waals surface area (Å²) in [6, 6.07) is 5.35. The Balaban J connectivity index is 1.95. The minimum absolute atomic E-state index is 0.250. The highest BCUT2D eigenvalue weighted by Crippen LogP contribution is 2.61. The Bertz CT molecular complexity index is 461. The lowest BCUT2D eigenvalue weighted by atomic mass is 9.99. The van der Waals surface area contributed by atoms with Crippen molar-refractivity contribution < 1.29 is 4.79 Å². The van der Waals surface area contributed by atoms with E-state index < -0.39 is 7.92 Å². The molecule has 0 N–H and O–H groups in total. The first-order valence-corrected chi connectivity index (χ1v) is 9.19. The average molecular weight is 315 g/mol. The summed E-state index contributed by atoms with van der Waals surface area (Å²) in [4.78, 5) is 12.9. The molecule has 1 nitrogen and oxygen atoms in total. The fraction of sp³-hybridized carbons (Fsp3) is 0.533. The van der Waals surface area contributed by atoms with Crippen LogP contribution in [0.1, 0.15) is 48.9 Å². The van der Waals surface area contributed by atoms with Crippen molar-refractivity contribution in [2.24, 2.45) is 0 Å². The number of fused-ring (bicyclic) bond motifs is 2. The van der Waals surface area contributed by atoms with Crippen LogP contribution in [0.4, 0.5) is 0 Å². The highest BCUT2D eigenvalue weighted by atomic mass is 35.5. The summed E-state index contributed by atoms with van der Waals surface area (Å²) in [7, 11) is -0.587. The molecule has 2 fully saturated rings. The van der Waals surface area contributed by atoms with Crippen molar-refractivity contribution in [3.8, 4) is 0 Å². The van der Waals surface area contributed by atoms with Crippen molar-refractivity contribution in [3.05, 3.63) is 33.8 Å². The lowest BCUT2D eigenvalue weighted by Gasteiger charge is -2.42. The monoisotopic (exact) mass is 314 g/mol. The third-order valence-corrected chi connectivity index (χ3v) is 8.28. The summed E-state index contributed by atoms with van der Waals surface area (Å²) in [5.74, 6) is 0. The van der Waals surface area contributed by atoms with Gasteiger partial charge in [0, 0.05) is 0 Å². The molecule has 0 saturated carbocycles. The Hall–Kier alpha value is -0.100. The molecule has 2 aliphatic rings. The van der Waals surface area contributed by atoms with Gasteiger partial charge in [-0.3, -0.25) is 4.79 Å². The number of halogens is 2. The SMILES string of the molecule is O=C(c1c(Cl)cccc1Cl)P1C2CCCC1CCC2. The number of benzene rings is 1. The number of carbonyl (C=O) groups is 1. The van der Waals surface area contributed by atoms with Gasteiger partial charge in [0.15, 0.2) is 5.52 Å². The predicted molar refractivity (Wildman–Crippen MR) is 83.0 cm³/mol. The fourth-order valence-corrected chi connectivity index (χ4v) is 7.79. The summed E-state index contributed by atoms with van der Waals surface area (Å²) < 4.78 is 0. The van der Waals surface area contributed by atoms with Crippen molar-refractivity contribution >= 4 is 36.6 Å². The van der Waals surface area contributed by atoms with Gasteiger partial charge in [-0.1, -0.05) is 42.1 Å². The zero-order valence-electron chi connectivity index (χ0n) is 10.7. The van der Waals surface area contributed by atoms with Crippen LogP contribution in [0.25, 0.3) is 0 Å². The lowest BCUT2D eigenvalue weighted by molar-refractivity contribution is 0.107. The molecule has 0 aliphatic carbocycles. The maximum Gasteiger partial charge on any atom is 0.187 e. The summed E-state index contributed by atoms with van der Waals surface area (Å²) in [6.45, 7) is 0. The van der Waals surface area contributed by atoms with E-state index in [1.54, 1.807) is 18.2 Å². The molecule has 0 radical (unpaired) electrons. The first-order chi connectivity index (χ1) is 9.18. The molecule has 2 heterocycles. The molecule has 0 amide bonds. The van der Waals surface area contributed by atoms with Gasteiger partial charge in [0.05, 0.1) is 15.6 Å². The standard InChI is InChI=1S/C15H17Cl2OP/c16-12-8-3-9-13(17)14(12)15(18)19-10-4-1-5-11(19)7-2-6-10/h3,8-11H,1-2,4-7H2. The third-order valence-electron chi connectivity index (χ3n) is 4.35. The van der Waals surface area contributed by atoms with Gasteiger partial charge in [0.25, 0.3) is 0 Å². The van der Waals surface area contributed by atoms with Gasteiger partial charge in [-0.15, -0.1) is 0 Å². The van der Waals surface area contributed by atoms with Crippen LogP contribution in [-0.2, 0) is 0 Å². The molecule has 2 saturated heterocycles. The van der Waals surface area contributed by atoms with E-state index >= 15 is 0 Å². The van der Waals surface area contributed by atoms with E-state index in [9.17, 15) is 4.79 Å². The minimum atomic E-state index is -0.587. The van der Waals surface area contributed by atoms with E-state index in [2.05, 4.69) is 0 Å². The number of carbonyl (C=O) groups excluding carboxylic acids is 1. The van der Waals surface area contributed by atoms with Crippen LogP contribution >= 0.6 is 31.1 Å². The highest BCUT2D eigenvalue weighted by Gasteiger charge is 2.41. The molecule has 19 heavy (non-hydrogen) atoms. The zero-order chi connectivity index (χ0) is 13.4. The van der Waals surface area contributed by atoms with E-state index in [1.165, 1.54) is 38.5 Å². The van der Waals surface area contributed by atoms with Crippen LogP contribution in [0.15, 0.2) is 18.2 Å². The van der Waals surface area contributed by atoms with Crippen LogP contribution in [0.2, 0.25) is 10.0 Å². The second-order valence-electron chi connectivity index (χ2n) is 5.48. The van der Waals surface area contributed by atoms with Gasteiger partial charge in [-0.2, -0.15) is 0 Å². The van der Waals surface area contributed by atoms with Gasteiger partial charge in [-0.05, 0) is 57.1 Å². The molecule has 3 rings (SSSR count). The van der Waals surface area contributed by atoms with Crippen molar-refractivity contribution in [1.82, 2.24) is 0 Å². The number of hydrogen-bond acceptors (Lipinski definition) is 1. The molecule has 0 unspecified atom stereocenters. The zero-order valence-corrected chi connectivity index (χ0v) is 13.1. The Morgan fingerprint density at radius 1 is 1.00 bits per heavy atom. The van der Waals surface area contributed by atoms with Crippen molar-refractivity contribution in [2.45, 2.75) is 49.8 Å². The van der Waals surface area contributed by atoms with Gasteiger partial charge in [0.2, 0.25) is 0 Å². The molecule has 0 atom stereocenters. The second-order valence-corrected chi connectivity index (χ2v) is 8.97. The fourth-order valence-electron chi connectivity index (χ4n) is 3.48. The Morgan fingerprint density at radius 3 is 1.95 bits per heavy atom. The van der Waals surface area contributed by atoms with Crippen LogP contribution in [0, 0.1) is 0 Å². The van der Waals surface area contributed by atoms with Crippen LogP contribution in [0.5, 0.6) is 0 Å². The molecule has 2 aliphatic heterocycles. The quantitative estimate of drug-likeness (QED) is 0.638. The van der Waals surface area contributed by atoms with Gasteiger partial charge >= 0.3 is 0 Å². The van der Waals surface area contributed by atoms with Crippen LogP contribution in [-0.4, -0.2) is 16.8 Å². The van der Waals surface area contributed by atoms with E-state index in [0.717, 1.165) is 0 Å². The Labute approximate surface area is 125 Å². The highest BCUT2D eigenvalue weighted by molar-refractivity contribution is 7.77. The number of rotatable bonds is 2. The lowest BCUT2D eigenvalue weighted by Crippen LogP contribution is -2.29. The summed E-state index contributed by atoms with van der Waals surface area (Å²) in [5, 5.41) is 1.03. The first-order valence-electron chi connectivity index (χ1n) is 6.95. The van der Waals surface area contributed by atoms with Crippen molar-refractivity contribution in [1.29, 1.82) is 0 Å².